The lowest BCUT2D eigenvalue weighted by Crippen LogP contribution is -2.41. The Bertz CT molecular complexity index is 556. The number of aromatic carboxylic acids is 1. The lowest BCUT2D eigenvalue weighted by molar-refractivity contribution is -0.144. The highest BCUT2D eigenvalue weighted by molar-refractivity contribution is 5.94. The summed E-state index contributed by atoms with van der Waals surface area (Å²) in [5, 5.41) is 13.9. The van der Waals surface area contributed by atoms with Crippen molar-refractivity contribution in [3.05, 3.63) is 29.3 Å². The number of rotatable bonds is 5. The van der Waals surface area contributed by atoms with Gasteiger partial charge in [-0.25, -0.2) is 14.4 Å². The molecule has 0 bridgehead atoms. The van der Waals surface area contributed by atoms with Gasteiger partial charge in [-0.1, -0.05) is 0 Å². The molecule has 1 rings (SSSR count). The van der Waals surface area contributed by atoms with Crippen LogP contribution < -0.4 is 10.6 Å². The molecule has 1 atom stereocenters. The first kappa shape index (κ1) is 16.5. The van der Waals surface area contributed by atoms with Crippen LogP contribution >= 0.6 is 0 Å². The molecule has 0 aromatic heterocycles. The van der Waals surface area contributed by atoms with E-state index in [1.165, 1.54) is 25.1 Å². The Morgan fingerprint density at radius 1 is 1.33 bits per heavy atom. The number of nitrogens with one attached hydrogen (secondary N) is 2. The Morgan fingerprint density at radius 2 is 2.00 bits per heavy atom. The van der Waals surface area contributed by atoms with E-state index in [9.17, 15) is 14.4 Å². The number of carboxylic acid groups (broad SMARTS) is 1. The van der Waals surface area contributed by atoms with Crippen molar-refractivity contribution in [2.45, 2.75) is 26.8 Å². The van der Waals surface area contributed by atoms with Crippen LogP contribution in [0.3, 0.4) is 0 Å². The maximum Gasteiger partial charge on any atom is 0.335 e. The molecule has 0 aliphatic carbocycles. The van der Waals surface area contributed by atoms with Gasteiger partial charge in [-0.05, 0) is 44.5 Å². The first-order chi connectivity index (χ1) is 9.85. The molecule has 7 heteroatoms. The van der Waals surface area contributed by atoms with Crippen molar-refractivity contribution in [2.75, 3.05) is 11.9 Å². The van der Waals surface area contributed by atoms with Gasteiger partial charge < -0.3 is 20.5 Å². The summed E-state index contributed by atoms with van der Waals surface area (Å²) < 4.78 is 4.77. The lowest BCUT2D eigenvalue weighted by atomic mass is 10.1. The topological polar surface area (TPSA) is 105 Å². The maximum atomic E-state index is 11.7. The number of anilines is 1. The van der Waals surface area contributed by atoms with Gasteiger partial charge in [0.15, 0.2) is 0 Å². The van der Waals surface area contributed by atoms with Gasteiger partial charge in [0.2, 0.25) is 0 Å². The second kappa shape index (κ2) is 7.28. The number of amides is 2. The van der Waals surface area contributed by atoms with E-state index < -0.39 is 24.0 Å². The van der Waals surface area contributed by atoms with Gasteiger partial charge in [-0.15, -0.1) is 0 Å². The average Bonchev–Trinajstić information content (AvgIpc) is 2.38. The number of carbonyl (C=O) groups excluding carboxylic acids is 2. The van der Waals surface area contributed by atoms with Crippen LogP contribution in [-0.4, -0.2) is 35.7 Å². The van der Waals surface area contributed by atoms with Crippen LogP contribution in [-0.2, 0) is 9.53 Å². The Labute approximate surface area is 122 Å². The van der Waals surface area contributed by atoms with Crippen molar-refractivity contribution in [1.29, 1.82) is 0 Å². The zero-order valence-corrected chi connectivity index (χ0v) is 12.1. The largest absolute Gasteiger partial charge is 0.478 e. The SMILES string of the molecule is CCOC(=O)C(C)NC(=O)Nc1ccc(C(=O)O)c(C)c1. The number of hydrogen-bond acceptors (Lipinski definition) is 4. The molecule has 7 nitrogen and oxygen atoms in total. The second-order valence-electron chi connectivity index (χ2n) is 4.41. The minimum absolute atomic E-state index is 0.167. The molecule has 0 radical (unpaired) electrons. The summed E-state index contributed by atoms with van der Waals surface area (Å²) in [6, 6.07) is 3.08. The van der Waals surface area contributed by atoms with Crippen LogP contribution in [0, 0.1) is 6.92 Å². The van der Waals surface area contributed by atoms with Crippen LogP contribution in [0.15, 0.2) is 18.2 Å². The van der Waals surface area contributed by atoms with E-state index in [2.05, 4.69) is 10.6 Å². The van der Waals surface area contributed by atoms with Crippen molar-refractivity contribution < 1.29 is 24.2 Å². The number of benzene rings is 1. The van der Waals surface area contributed by atoms with E-state index in [1.54, 1.807) is 13.8 Å². The Hall–Kier alpha value is -2.57. The number of carboxylic acids is 1. The summed E-state index contributed by atoms with van der Waals surface area (Å²) in [5.41, 5.74) is 1.13. The first-order valence-corrected chi connectivity index (χ1v) is 6.43. The molecule has 2 amide bonds. The molecule has 0 saturated heterocycles. The lowest BCUT2D eigenvalue weighted by Gasteiger charge is -2.14. The molecule has 0 aliphatic rings. The smallest absolute Gasteiger partial charge is 0.335 e. The number of aryl methyl sites for hydroxylation is 1. The quantitative estimate of drug-likeness (QED) is 0.718. The maximum absolute atomic E-state index is 11.7. The zero-order chi connectivity index (χ0) is 16.0. The zero-order valence-electron chi connectivity index (χ0n) is 12.1. The van der Waals surface area contributed by atoms with Gasteiger partial charge >= 0.3 is 18.0 Å². The third-order valence-electron chi connectivity index (χ3n) is 2.70. The second-order valence-corrected chi connectivity index (χ2v) is 4.41. The minimum atomic E-state index is -1.03. The van der Waals surface area contributed by atoms with Crippen LogP contribution in [0.25, 0.3) is 0 Å². The van der Waals surface area contributed by atoms with Crippen molar-refractivity contribution in [2.24, 2.45) is 0 Å². The molecule has 0 spiro atoms. The van der Waals surface area contributed by atoms with Gasteiger partial charge in [-0.2, -0.15) is 0 Å². The molecule has 0 heterocycles. The van der Waals surface area contributed by atoms with E-state index >= 15 is 0 Å². The van der Waals surface area contributed by atoms with Crippen LogP contribution in [0.4, 0.5) is 10.5 Å². The third kappa shape index (κ3) is 4.79. The summed E-state index contributed by atoms with van der Waals surface area (Å²) >= 11 is 0. The molecule has 1 aromatic rings. The molecule has 114 valence electrons. The first-order valence-electron chi connectivity index (χ1n) is 6.43. The summed E-state index contributed by atoms with van der Waals surface area (Å²) in [7, 11) is 0. The molecule has 0 saturated carbocycles. The van der Waals surface area contributed by atoms with Crippen molar-refractivity contribution in [3.63, 3.8) is 0 Å². The number of carbonyl (C=O) groups is 3. The van der Waals surface area contributed by atoms with E-state index in [1.807, 2.05) is 0 Å². The fourth-order valence-electron chi connectivity index (χ4n) is 1.67. The highest BCUT2D eigenvalue weighted by Crippen LogP contribution is 2.15. The molecule has 0 aliphatic heterocycles. The fourth-order valence-corrected chi connectivity index (χ4v) is 1.67. The van der Waals surface area contributed by atoms with Gasteiger partial charge in [0.25, 0.3) is 0 Å². The fraction of sp³-hybridized carbons (Fsp3) is 0.357. The van der Waals surface area contributed by atoms with Crippen LogP contribution in [0.5, 0.6) is 0 Å². The molecule has 3 N–H and O–H groups in total. The predicted molar refractivity (Wildman–Crippen MR) is 76.4 cm³/mol. The molecule has 1 aromatic carbocycles. The predicted octanol–water partition coefficient (Wildman–Crippen LogP) is 1.77. The van der Waals surface area contributed by atoms with Crippen molar-refractivity contribution >= 4 is 23.7 Å². The number of ether oxygens (including phenoxy) is 1. The van der Waals surface area contributed by atoms with Gasteiger partial charge in [-0.3, -0.25) is 0 Å². The van der Waals surface area contributed by atoms with E-state index in [4.69, 9.17) is 9.84 Å². The standard InChI is InChI=1S/C14H18N2O5/c1-4-21-13(19)9(3)15-14(20)16-10-5-6-11(12(17)18)8(2)7-10/h5-7,9H,4H2,1-3H3,(H,17,18)(H2,15,16,20). The molecule has 0 fully saturated rings. The monoisotopic (exact) mass is 294 g/mol. The minimum Gasteiger partial charge on any atom is -0.478 e. The van der Waals surface area contributed by atoms with Gasteiger partial charge in [0, 0.05) is 5.69 Å². The normalized spacial score (nSPS) is 11.4. The number of esters is 1. The molecule has 1 unspecified atom stereocenters. The number of urea groups is 1. The Kier molecular flexibility index (Phi) is 5.71. The van der Waals surface area contributed by atoms with Crippen LogP contribution in [0.1, 0.15) is 29.8 Å². The summed E-state index contributed by atoms with van der Waals surface area (Å²) in [4.78, 5) is 34.0. The highest BCUT2D eigenvalue weighted by atomic mass is 16.5. The van der Waals surface area contributed by atoms with Crippen molar-refractivity contribution in [1.82, 2.24) is 5.32 Å². The molecular weight excluding hydrogens is 276 g/mol. The van der Waals surface area contributed by atoms with Crippen LogP contribution in [0.2, 0.25) is 0 Å². The molecule has 21 heavy (non-hydrogen) atoms. The average molecular weight is 294 g/mol. The van der Waals surface area contributed by atoms with Gasteiger partial charge in [0.1, 0.15) is 6.04 Å². The summed E-state index contributed by atoms with van der Waals surface area (Å²) in [6.45, 7) is 5.06. The Balaban J connectivity index is 2.65. The highest BCUT2D eigenvalue weighted by Gasteiger charge is 2.16. The molecular formula is C14H18N2O5. The van der Waals surface area contributed by atoms with E-state index in [0.29, 0.717) is 11.3 Å². The number of hydrogen-bond donors (Lipinski definition) is 3. The Morgan fingerprint density at radius 3 is 2.52 bits per heavy atom. The van der Waals surface area contributed by atoms with Crippen molar-refractivity contribution in [3.8, 4) is 0 Å². The summed E-state index contributed by atoms with van der Waals surface area (Å²) in [5.74, 6) is -1.55. The van der Waals surface area contributed by atoms with E-state index in [-0.39, 0.29) is 12.2 Å². The van der Waals surface area contributed by atoms with E-state index in [0.717, 1.165) is 0 Å². The third-order valence-corrected chi connectivity index (χ3v) is 2.70. The van der Waals surface area contributed by atoms with Gasteiger partial charge in [0.05, 0.1) is 12.2 Å². The summed E-state index contributed by atoms with van der Waals surface area (Å²) in [6.07, 6.45) is 0.